The van der Waals surface area contributed by atoms with E-state index >= 15 is 0 Å². The van der Waals surface area contributed by atoms with Crippen LogP contribution in [0.25, 0.3) is 0 Å². The smallest absolute Gasteiger partial charge is 0.104 e. The van der Waals surface area contributed by atoms with Gasteiger partial charge >= 0.3 is 0 Å². The lowest BCUT2D eigenvalue weighted by Crippen LogP contribution is -2.42. The molecule has 3 nitrogen and oxygen atoms in total. The monoisotopic (exact) mass is 297 g/mol. The standard InChI is InChI=1S/C14H20ClN3S/c1-17(2)11-5-7-18(8-6-11)13-4-3-10(14(16)19)9-12(13)15/h3-4,9,11H,5-8H2,1-2H3,(H2,16,19). The predicted octanol–water partition coefficient (Wildman–Crippen LogP) is 2.50. The van der Waals surface area contributed by atoms with Crippen LogP contribution >= 0.6 is 23.8 Å². The summed E-state index contributed by atoms with van der Waals surface area (Å²) in [5.41, 5.74) is 7.52. The first kappa shape index (κ1) is 14.6. The zero-order valence-electron chi connectivity index (χ0n) is 11.4. The van der Waals surface area contributed by atoms with Gasteiger partial charge in [0, 0.05) is 24.7 Å². The van der Waals surface area contributed by atoms with Gasteiger partial charge in [-0.25, -0.2) is 0 Å². The minimum atomic E-state index is 0.389. The molecule has 1 fully saturated rings. The van der Waals surface area contributed by atoms with Crippen molar-refractivity contribution in [3.05, 3.63) is 28.8 Å². The van der Waals surface area contributed by atoms with Gasteiger partial charge in [-0.15, -0.1) is 0 Å². The number of nitrogens with zero attached hydrogens (tertiary/aromatic N) is 2. The molecule has 0 amide bonds. The topological polar surface area (TPSA) is 32.5 Å². The van der Waals surface area contributed by atoms with Gasteiger partial charge in [-0.05, 0) is 45.1 Å². The highest BCUT2D eigenvalue weighted by molar-refractivity contribution is 7.80. The zero-order valence-corrected chi connectivity index (χ0v) is 13.0. The lowest BCUT2D eigenvalue weighted by atomic mass is 10.0. The van der Waals surface area contributed by atoms with E-state index in [1.54, 1.807) is 0 Å². The number of hydrogen-bond donors (Lipinski definition) is 1. The number of piperidine rings is 1. The van der Waals surface area contributed by atoms with Crippen LogP contribution in [-0.4, -0.2) is 43.1 Å². The number of rotatable bonds is 3. The van der Waals surface area contributed by atoms with Crippen molar-refractivity contribution in [2.75, 3.05) is 32.1 Å². The lowest BCUT2D eigenvalue weighted by Gasteiger charge is -2.36. The van der Waals surface area contributed by atoms with Crippen molar-refractivity contribution < 1.29 is 0 Å². The largest absolute Gasteiger partial charge is 0.389 e. The second kappa shape index (κ2) is 6.07. The molecule has 1 heterocycles. The molecule has 19 heavy (non-hydrogen) atoms. The Morgan fingerprint density at radius 1 is 1.37 bits per heavy atom. The molecule has 0 radical (unpaired) electrons. The first-order chi connectivity index (χ1) is 8.99. The van der Waals surface area contributed by atoms with Crippen LogP contribution in [0.2, 0.25) is 5.02 Å². The summed E-state index contributed by atoms with van der Waals surface area (Å²) in [6, 6.07) is 6.50. The summed E-state index contributed by atoms with van der Waals surface area (Å²) in [5.74, 6) is 0. The normalized spacial score (nSPS) is 16.9. The van der Waals surface area contributed by atoms with Gasteiger partial charge in [0.1, 0.15) is 4.99 Å². The molecule has 5 heteroatoms. The van der Waals surface area contributed by atoms with Crippen LogP contribution in [0.3, 0.4) is 0 Å². The molecule has 0 atom stereocenters. The molecule has 1 aliphatic heterocycles. The summed E-state index contributed by atoms with van der Waals surface area (Å²) < 4.78 is 0. The van der Waals surface area contributed by atoms with Gasteiger partial charge in [0.25, 0.3) is 0 Å². The van der Waals surface area contributed by atoms with Crippen molar-refractivity contribution in [1.82, 2.24) is 4.90 Å². The number of benzene rings is 1. The van der Waals surface area contributed by atoms with E-state index in [-0.39, 0.29) is 0 Å². The number of nitrogens with two attached hydrogens (primary N) is 1. The molecule has 0 unspecified atom stereocenters. The Morgan fingerprint density at radius 2 is 2.00 bits per heavy atom. The summed E-state index contributed by atoms with van der Waals surface area (Å²) >= 11 is 11.3. The van der Waals surface area contributed by atoms with E-state index in [2.05, 4.69) is 23.9 Å². The van der Waals surface area contributed by atoms with Crippen molar-refractivity contribution in [2.24, 2.45) is 5.73 Å². The van der Waals surface area contributed by atoms with Gasteiger partial charge in [0.05, 0.1) is 10.7 Å². The predicted molar refractivity (Wildman–Crippen MR) is 86.3 cm³/mol. The molecular formula is C14H20ClN3S. The molecule has 0 bridgehead atoms. The minimum absolute atomic E-state index is 0.389. The van der Waals surface area contributed by atoms with Gasteiger partial charge in [-0.1, -0.05) is 23.8 Å². The Morgan fingerprint density at radius 3 is 2.47 bits per heavy atom. The number of anilines is 1. The van der Waals surface area contributed by atoms with Crippen molar-refractivity contribution >= 4 is 34.5 Å². The molecule has 1 aromatic carbocycles. The van der Waals surface area contributed by atoms with Gasteiger partial charge in [0.2, 0.25) is 0 Å². The van der Waals surface area contributed by atoms with Gasteiger partial charge in [0.15, 0.2) is 0 Å². The quantitative estimate of drug-likeness (QED) is 0.869. The Balaban J connectivity index is 2.09. The van der Waals surface area contributed by atoms with E-state index in [9.17, 15) is 0 Å². The fraction of sp³-hybridized carbons (Fsp3) is 0.500. The molecule has 1 aliphatic rings. The Hall–Kier alpha value is -0.840. The highest BCUT2D eigenvalue weighted by atomic mass is 35.5. The summed E-state index contributed by atoms with van der Waals surface area (Å²) in [6.07, 6.45) is 2.33. The average molecular weight is 298 g/mol. The molecule has 0 saturated carbocycles. The first-order valence-electron chi connectivity index (χ1n) is 6.50. The van der Waals surface area contributed by atoms with E-state index in [0.717, 1.165) is 29.4 Å². The third-order valence-corrected chi connectivity index (χ3v) is 4.31. The second-order valence-corrected chi connectivity index (χ2v) is 6.06. The van der Waals surface area contributed by atoms with E-state index in [1.165, 1.54) is 12.8 Å². The van der Waals surface area contributed by atoms with Crippen LogP contribution in [0.1, 0.15) is 18.4 Å². The maximum Gasteiger partial charge on any atom is 0.104 e. The van der Waals surface area contributed by atoms with Crippen molar-refractivity contribution in [1.29, 1.82) is 0 Å². The van der Waals surface area contributed by atoms with Crippen LogP contribution in [0.15, 0.2) is 18.2 Å². The van der Waals surface area contributed by atoms with Crippen LogP contribution in [0.4, 0.5) is 5.69 Å². The third kappa shape index (κ3) is 3.38. The first-order valence-corrected chi connectivity index (χ1v) is 7.28. The average Bonchev–Trinajstić information content (AvgIpc) is 2.38. The lowest BCUT2D eigenvalue weighted by molar-refractivity contribution is 0.249. The van der Waals surface area contributed by atoms with Crippen LogP contribution < -0.4 is 10.6 Å². The third-order valence-electron chi connectivity index (χ3n) is 3.77. The molecule has 104 valence electrons. The summed E-state index contributed by atoms with van der Waals surface area (Å²) in [6.45, 7) is 2.07. The Kier molecular flexibility index (Phi) is 4.66. The zero-order chi connectivity index (χ0) is 14.0. The second-order valence-electron chi connectivity index (χ2n) is 5.21. The number of halogens is 1. The molecule has 0 aromatic heterocycles. The van der Waals surface area contributed by atoms with Gasteiger partial charge < -0.3 is 15.5 Å². The van der Waals surface area contributed by atoms with Crippen molar-refractivity contribution in [3.63, 3.8) is 0 Å². The van der Waals surface area contributed by atoms with Crippen molar-refractivity contribution in [2.45, 2.75) is 18.9 Å². The fourth-order valence-electron chi connectivity index (χ4n) is 2.54. The molecule has 0 aliphatic carbocycles. The van der Waals surface area contributed by atoms with E-state index in [1.807, 2.05) is 18.2 Å². The van der Waals surface area contributed by atoms with E-state index in [0.29, 0.717) is 11.0 Å². The number of hydrogen-bond acceptors (Lipinski definition) is 3. The van der Waals surface area contributed by atoms with Crippen LogP contribution in [-0.2, 0) is 0 Å². The van der Waals surface area contributed by atoms with Gasteiger partial charge in [-0.3, -0.25) is 0 Å². The van der Waals surface area contributed by atoms with Crippen LogP contribution in [0, 0.1) is 0 Å². The summed E-state index contributed by atoms with van der Waals surface area (Å²) in [4.78, 5) is 5.03. The minimum Gasteiger partial charge on any atom is -0.389 e. The van der Waals surface area contributed by atoms with Crippen molar-refractivity contribution in [3.8, 4) is 0 Å². The number of thiocarbonyl (C=S) groups is 1. The molecule has 1 saturated heterocycles. The van der Waals surface area contributed by atoms with E-state index < -0.39 is 0 Å². The highest BCUT2D eigenvalue weighted by Gasteiger charge is 2.22. The molecule has 2 rings (SSSR count). The fourth-order valence-corrected chi connectivity index (χ4v) is 2.97. The summed E-state index contributed by atoms with van der Waals surface area (Å²) in [7, 11) is 4.29. The Labute approximate surface area is 125 Å². The maximum absolute atomic E-state index is 6.34. The SMILES string of the molecule is CN(C)C1CCN(c2ccc(C(N)=S)cc2Cl)CC1. The molecular weight excluding hydrogens is 278 g/mol. The maximum atomic E-state index is 6.34. The summed E-state index contributed by atoms with van der Waals surface area (Å²) in [5, 5.41) is 0.730. The van der Waals surface area contributed by atoms with Crippen LogP contribution in [0.5, 0.6) is 0 Å². The molecule has 1 aromatic rings. The molecule has 0 spiro atoms. The molecule has 2 N–H and O–H groups in total. The Bertz CT molecular complexity index is 468. The van der Waals surface area contributed by atoms with E-state index in [4.69, 9.17) is 29.6 Å². The highest BCUT2D eigenvalue weighted by Crippen LogP contribution is 2.29. The van der Waals surface area contributed by atoms with Gasteiger partial charge in [-0.2, -0.15) is 0 Å².